The molecule has 0 aliphatic heterocycles. The van der Waals surface area contributed by atoms with E-state index in [1.807, 2.05) is 36.4 Å². The highest BCUT2D eigenvalue weighted by Crippen LogP contribution is 2.35. The van der Waals surface area contributed by atoms with Crippen LogP contribution in [0.1, 0.15) is 26.5 Å². The summed E-state index contributed by atoms with van der Waals surface area (Å²) in [5, 5.41) is 14.8. The molecule has 0 fully saturated rings. The van der Waals surface area contributed by atoms with E-state index in [2.05, 4.69) is 46.7 Å². The number of amides is 3. The number of carbonyl (C=O) groups excluding carboxylic acids is 2. The van der Waals surface area contributed by atoms with Gasteiger partial charge in [-0.25, -0.2) is 19.4 Å². The van der Waals surface area contributed by atoms with Gasteiger partial charge < -0.3 is 24.8 Å². The number of nitrogens with one attached hydrogen (secondary N) is 3. The van der Waals surface area contributed by atoms with Crippen LogP contribution < -0.4 is 25.4 Å². The number of carbonyl (C=O) groups is 2. The van der Waals surface area contributed by atoms with Gasteiger partial charge >= 0.3 is 6.03 Å². The van der Waals surface area contributed by atoms with Crippen LogP contribution in [0.2, 0.25) is 0 Å². The molecule has 12 heteroatoms. The minimum atomic E-state index is -0.447. The normalized spacial score (nSPS) is 11.2. The van der Waals surface area contributed by atoms with Crippen molar-refractivity contribution in [3.8, 4) is 23.1 Å². The topological polar surface area (TPSA) is 142 Å². The molecule has 0 spiro atoms. The maximum atomic E-state index is 13.3. The summed E-state index contributed by atoms with van der Waals surface area (Å²) in [6.07, 6.45) is 3.17. The first-order chi connectivity index (χ1) is 21.1. The summed E-state index contributed by atoms with van der Waals surface area (Å²) in [7, 11) is 2.99. The molecule has 0 unspecified atom stereocenters. The summed E-state index contributed by atoms with van der Waals surface area (Å²) in [6.45, 7) is 6.07. The van der Waals surface area contributed by atoms with Crippen LogP contribution in [0.15, 0.2) is 79.1 Å². The highest BCUT2D eigenvalue weighted by molar-refractivity contribution is 6.07. The molecule has 0 bridgehead atoms. The van der Waals surface area contributed by atoms with Crippen molar-refractivity contribution in [2.45, 2.75) is 26.2 Å². The zero-order valence-corrected chi connectivity index (χ0v) is 25.0. The summed E-state index contributed by atoms with van der Waals surface area (Å²) >= 11 is 0. The van der Waals surface area contributed by atoms with Crippen molar-refractivity contribution in [1.29, 1.82) is 0 Å². The van der Waals surface area contributed by atoms with E-state index in [0.29, 0.717) is 40.4 Å². The van der Waals surface area contributed by atoms with Crippen molar-refractivity contribution in [2.24, 2.45) is 0 Å². The standard InChI is InChI=1S/C32H33N7O5/c1-32(2,3)26-17-28(39(38-26)20-10-13-30(43-5)34-18-20)37-31(41)35-24-11-12-25(23-9-7-6-8-22(23)24)44-21-14-15-33-27(16-21)36-29(40)19-42-4/h6-18H,19H2,1-5H3,(H,33,36,40)(H2,35,37,41). The quantitative estimate of drug-likeness (QED) is 0.184. The van der Waals surface area contributed by atoms with Crippen LogP contribution in [0.25, 0.3) is 16.5 Å². The van der Waals surface area contributed by atoms with Crippen molar-refractivity contribution in [3.63, 3.8) is 0 Å². The second-order valence-electron chi connectivity index (χ2n) is 10.8. The average Bonchev–Trinajstić information content (AvgIpc) is 3.43. The minimum absolute atomic E-state index is 0.0851. The number of benzene rings is 2. The number of pyridine rings is 2. The van der Waals surface area contributed by atoms with E-state index >= 15 is 0 Å². The van der Waals surface area contributed by atoms with Crippen LogP contribution in [0.3, 0.4) is 0 Å². The van der Waals surface area contributed by atoms with Gasteiger partial charge in [-0.2, -0.15) is 5.10 Å². The van der Waals surface area contributed by atoms with Gasteiger partial charge in [0.05, 0.1) is 30.4 Å². The number of hydrogen-bond acceptors (Lipinski definition) is 8. The van der Waals surface area contributed by atoms with Crippen LogP contribution in [0.5, 0.6) is 17.4 Å². The summed E-state index contributed by atoms with van der Waals surface area (Å²) in [4.78, 5) is 33.7. The fourth-order valence-electron chi connectivity index (χ4n) is 4.37. The maximum Gasteiger partial charge on any atom is 0.324 e. The third-order valence-corrected chi connectivity index (χ3v) is 6.53. The number of methoxy groups -OCH3 is 2. The number of hydrogen-bond donors (Lipinski definition) is 3. The lowest BCUT2D eigenvalue weighted by Crippen LogP contribution is -2.21. The molecule has 3 amide bonds. The zero-order chi connectivity index (χ0) is 31.3. The first kappa shape index (κ1) is 30.0. The Balaban J connectivity index is 1.38. The molecule has 0 radical (unpaired) electrons. The lowest BCUT2D eigenvalue weighted by molar-refractivity contribution is -0.119. The molecule has 44 heavy (non-hydrogen) atoms. The van der Waals surface area contributed by atoms with Gasteiger partial charge in [-0.05, 0) is 24.3 Å². The predicted octanol–water partition coefficient (Wildman–Crippen LogP) is 6.14. The minimum Gasteiger partial charge on any atom is -0.481 e. The van der Waals surface area contributed by atoms with Gasteiger partial charge in [-0.3, -0.25) is 10.1 Å². The van der Waals surface area contributed by atoms with Crippen molar-refractivity contribution < 1.29 is 23.8 Å². The third-order valence-electron chi connectivity index (χ3n) is 6.53. The van der Waals surface area contributed by atoms with Crippen LogP contribution in [0, 0.1) is 0 Å². The number of aromatic nitrogens is 4. The SMILES string of the molecule is COCC(=O)Nc1cc(Oc2ccc(NC(=O)Nc3cc(C(C)(C)C)nn3-c3ccc(OC)nc3)c3ccccc23)ccn1. The average molecular weight is 596 g/mol. The second kappa shape index (κ2) is 12.8. The van der Waals surface area contributed by atoms with Crippen molar-refractivity contribution in [1.82, 2.24) is 19.7 Å². The fraction of sp³-hybridized carbons (Fsp3) is 0.219. The molecule has 0 aliphatic rings. The van der Waals surface area contributed by atoms with Gasteiger partial charge in [0.2, 0.25) is 5.88 Å². The van der Waals surface area contributed by atoms with E-state index in [1.54, 1.807) is 48.3 Å². The lowest BCUT2D eigenvalue weighted by Gasteiger charge is -2.14. The molecule has 3 N–H and O–H groups in total. The van der Waals surface area contributed by atoms with E-state index in [4.69, 9.17) is 19.3 Å². The molecular weight excluding hydrogens is 562 g/mol. The van der Waals surface area contributed by atoms with Crippen molar-refractivity contribution >= 4 is 40.0 Å². The Morgan fingerprint density at radius 1 is 0.886 bits per heavy atom. The summed E-state index contributed by atoms with van der Waals surface area (Å²) in [6, 6.07) is 19.4. The first-order valence-electron chi connectivity index (χ1n) is 13.8. The number of fused-ring (bicyclic) bond motifs is 1. The summed E-state index contributed by atoms with van der Waals surface area (Å²) < 4.78 is 17.8. The van der Waals surface area contributed by atoms with Crippen molar-refractivity contribution in [3.05, 3.63) is 84.8 Å². The Morgan fingerprint density at radius 3 is 2.39 bits per heavy atom. The van der Waals surface area contributed by atoms with Crippen LogP contribution in [-0.2, 0) is 14.9 Å². The van der Waals surface area contributed by atoms with Gasteiger partial charge in [0.25, 0.3) is 5.91 Å². The number of anilines is 3. The molecule has 3 aromatic heterocycles. The Labute approximate surface area is 254 Å². The molecule has 0 atom stereocenters. The molecule has 2 aromatic carbocycles. The Morgan fingerprint density at radius 2 is 1.68 bits per heavy atom. The van der Waals surface area contributed by atoms with E-state index in [-0.39, 0.29) is 17.9 Å². The van der Waals surface area contributed by atoms with E-state index < -0.39 is 6.03 Å². The number of nitrogens with zero attached hydrogens (tertiary/aromatic N) is 4. The van der Waals surface area contributed by atoms with Gasteiger partial charge in [0, 0.05) is 47.7 Å². The molecule has 5 aromatic rings. The number of urea groups is 1. The van der Waals surface area contributed by atoms with E-state index in [0.717, 1.165) is 16.5 Å². The van der Waals surface area contributed by atoms with Crippen molar-refractivity contribution in [2.75, 3.05) is 36.8 Å². The molecule has 12 nitrogen and oxygen atoms in total. The largest absolute Gasteiger partial charge is 0.481 e. The van der Waals surface area contributed by atoms with Crippen LogP contribution in [0.4, 0.5) is 22.1 Å². The van der Waals surface area contributed by atoms with Gasteiger partial charge in [0.1, 0.15) is 29.7 Å². The van der Waals surface area contributed by atoms with E-state index in [9.17, 15) is 9.59 Å². The number of rotatable bonds is 9. The van der Waals surface area contributed by atoms with Gasteiger partial charge in [-0.15, -0.1) is 0 Å². The molecule has 226 valence electrons. The zero-order valence-electron chi connectivity index (χ0n) is 25.0. The molecule has 0 saturated heterocycles. The van der Waals surface area contributed by atoms with Crippen LogP contribution >= 0.6 is 0 Å². The summed E-state index contributed by atoms with van der Waals surface area (Å²) in [5.41, 5.74) is 1.80. The first-order valence-corrected chi connectivity index (χ1v) is 13.8. The maximum absolute atomic E-state index is 13.3. The Hall–Kier alpha value is -5.49. The molecule has 5 rings (SSSR count). The van der Waals surface area contributed by atoms with Gasteiger partial charge in [0.15, 0.2) is 0 Å². The Bertz CT molecular complexity index is 1800. The molecular formula is C32H33N7O5. The summed E-state index contributed by atoms with van der Waals surface area (Å²) in [5.74, 6) is 2.01. The predicted molar refractivity (Wildman–Crippen MR) is 168 cm³/mol. The molecule has 3 heterocycles. The monoisotopic (exact) mass is 595 g/mol. The molecule has 0 saturated carbocycles. The van der Waals surface area contributed by atoms with Gasteiger partial charge in [-0.1, -0.05) is 45.0 Å². The van der Waals surface area contributed by atoms with Crippen LogP contribution in [-0.4, -0.2) is 52.5 Å². The fourth-order valence-corrected chi connectivity index (χ4v) is 4.37. The lowest BCUT2D eigenvalue weighted by atomic mass is 9.92. The molecule has 0 aliphatic carbocycles. The van der Waals surface area contributed by atoms with E-state index in [1.165, 1.54) is 13.3 Å². The highest BCUT2D eigenvalue weighted by atomic mass is 16.5. The Kier molecular flexibility index (Phi) is 8.72. The smallest absolute Gasteiger partial charge is 0.324 e. The second-order valence-corrected chi connectivity index (χ2v) is 10.8. The number of ether oxygens (including phenoxy) is 3. The highest BCUT2D eigenvalue weighted by Gasteiger charge is 2.22. The third kappa shape index (κ3) is 6.93.